The van der Waals surface area contributed by atoms with Crippen LogP contribution < -0.4 is 11.1 Å². The maximum Gasteiger partial charge on any atom is 0.249 e. The molecule has 4 heteroatoms. The number of hydrogen-bond acceptors (Lipinski definition) is 3. The Kier molecular flexibility index (Phi) is 6.80. The molecule has 0 aromatic carbocycles. The van der Waals surface area contributed by atoms with E-state index in [-0.39, 0.29) is 17.5 Å². The van der Waals surface area contributed by atoms with Crippen LogP contribution in [0.3, 0.4) is 0 Å². The highest BCUT2D eigenvalue weighted by molar-refractivity contribution is 5.80. The molecule has 0 aromatic heterocycles. The Morgan fingerprint density at radius 2 is 1.84 bits per heavy atom. The van der Waals surface area contributed by atoms with Gasteiger partial charge in [0.05, 0.1) is 6.61 Å². The second kappa shape index (κ2) is 7.85. The summed E-state index contributed by atoms with van der Waals surface area (Å²) in [5.41, 5.74) is 6.14. The Morgan fingerprint density at radius 1 is 1.26 bits per heavy atom. The van der Waals surface area contributed by atoms with E-state index in [9.17, 15) is 4.79 Å². The molecule has 1 rings (SSSR count). The van der Waals surface area contributed by atoms with Crippen LogP contribution in [0.25, 0.3) is 0 Å². The van der Waals surface area contributed by atoms with Crippen LogP contribution in [0.2, 0.25) is 0 Å². The molecule has 2 atom stereocenters. The predicted molar refractivity (Wildman–Crippen MR) is 77.9 cm³/mol. The Bertz CT molecular complexity index is 273. The number of amides is 1. The van der Waals surface area contributed by atoms with Crippen molar-refractivity contribution in [2.45, 2.75) is 83.4 Å². The lowest BCUT2D eigenvalue weighted by Gasteiger charge is -2.29. The molecule has 1 amide bonds. The fourth-order valence-electron chi connectivity index (χ4n) is 2.41. The van der Waals surface area contributed by atoms with Crippen molar-refractivity contribution < 1.29 is 9.53 Å². The number of ether oxygens (including phenoxy) is 1. The molecule has 1 saturated carbocycles. The lowest BCUT2D eigenvalue weighted by atomic mass is 9.92. The van der Waals surface area contributed by atoms with Gasteiger partial charge in [-0.1, -0.05) is 32.6 Å². The highest BCUT2D eigenvalue weighted by atomic mass is 16.5. The maximum absolute atomic E-state index is 11.9. The van der Waals surface area contributed by atoms with Gasteiger partial charge in [-0.05, 0) is 33.1 Å². The quantitative estimate of drug-likeness (QED) is 0.728. The van der Waals surface area contributed by atoms with Crippen LogP contribution in [-0.4, -0.2) is 30.2 Å². The number of nitrogens with two attached hydrogens (primary N) is 1. The predicted octanol–water partition coefficient (Wildman–Crippen LogP) is 2.36. The largest absolute Gasteiger partial charge is 0.367 e. The van der Waals surface area contributed by atoms with E-state index in [2.05, 4.69) is 12.2 Å². The fraction of sp³-hybridized carbons (Fsp3) is 0.933. The topological polar surface area (TPSA) is 64.3 Å². The van der Waals surface area contributed by atoms with Crippen LogP contribution in [0.15, 0.2) is 0 Å². The molecule has 0 bridgehead atoms. The molecule has 19 heavy (non-hydrogen) atoms. The molecule has 1 aliphatic carbocycles. The summed E-state index contributed by atoms with van der Waals surface area (Å²) in [5, 5.41) is 2.94. The SMILES string of the molecule is CCC(C)NC(=O)C(C)OCC1(N)CCCCCC1. The first-order valence-corrected chi connectivity index (χ1v) is 7.68. The van der Waals surface area contributed by atoms with Gasteiger partial charge in [-0.3, -0.25) is 4.79 Å². The van der Waals surface area contributed by atoms with Gasteiger partial charge in [-0.15, -0.1) is 0 Å². The first kappa shape index (κ1) is 16.4. The van der Waals surface area contributed by atoms with Gasteiger partial charge in [0.25, 0.3) is 0 Å². The number of nitrogens with one attached hydrogen (secondary N) is 1. The van der Waals surface area contributed by atoms with E-state index in [1.54, 1.807) is 6.92 Å². The Hall–Kier alpha value is -0.610. The molecule has 3 N–H and O–H groups in total. The second-order valence-electron chi connectivity index (χ2n) is 6.05. The number of carbonyl (C=O) groups excluding carboxylic acids is 1. The Morgan fingerprint density at radius 3 is 2.37 bits per heavy atom. The van der Waals surface area contributed by atoms with E-state index in [1.807, 2.05) is 6.92 Å². The van der Waals surface area contributed by atoms with E-state index in [1.165, 1.54) is 25.7 Å². The van der Waals surface area contributed by atoms with Crippen molar-refractivity contribution in [2.24, 2.45) is 5.73 Å². The van der Waals surface area contributed by atoms with Gasteiger partial charge in [-0.25, -0.2) is 0 Å². The Labute approximate surface area is 117 Å². The fourth-order valence-corrected chi connectivity index (χ4v) is 2.41. The first-order chi connectivity index (χ1) is 8.97. The summed E-state index contributed by atoms with van der Waals surface area (Å²) in [6.07, 6.45) is 7.41. The number of rotatable bonds is 6. The van der Waals surface area contributed by atoms with Gasteiger partial charge < -0.3 is 15.8 Å². The molecule has 0 aliphatic heterocycles. The van der Waals surface area contributed by atoms with Crippen LogP contribution in [-0.2, 0) is 9.53 Å². The van der Waals surface area contributed by atoms with E-state index in [0.29, 0.717) is 6.61 Å². The standard InChI is InChI=1S/C15H30N2O2/c1-4-12(2)17-14(18)13(3)19-11-15(16)9-7-5-6-8-10-15/h12-13H,4-11,16H2,1-3H3,(H,17,18). The highest BCUT2D eigenvalue weighted by Gasteiger charge is 2.28. The van der Waals surface area contributed by atoms with E-state index in [4.69, 9.17) is 10.5 Å². The number of hydrogen-bond donors (Lipinski definition) is 2. The molecule has 0 spiro atoms. The molecule has 0 radical (unpaired) electrons. The van der Waals surface area contributed by atoms with E-state index >= 15 is 0 Å². The molecular weight excluding hydrogens is 240 g/mol. The van der Waals surface area contributed by atoms with Crippen molar-refractivity contribution in [2.75, 3.05) is 6.61 Å². The van der Waals surface area contributed by atoms with Gasteiger partial charge in [0.1, 0.15) is 6.10 Å². The zero-order valence-corrected chi connectivity index (χ0v) is 12.7. The molecule has 4 nitrogen and oxygen atoms in total. The summed E-state index contributed by atoms with van der Waals surface area (Å²) in [6, 6.07) is 0.197. The summed E-state index contributed by atoms with van der Waals surface area (Å²) >= 11 is 0. The van der Waals surface area contributed by atoms with Crippen molar-refractivity contribution in [1.82, 2.24) is 5.32 Å². The minimum atomic E-state index is -0.419. The molecule has 112 valence electrons. The zero-order valence-electron chi connectivity index (χ0n) is 12.7. The average Bonchev–Trinajstić information content (AvgIpc) is 2.61. The normalized spacial score (nSPS) is 22.3. The number of carbonyl (C=O) groups is 1. The summed E-state index contributed by atoms with van der Waals surface area (Å²) in [4.78, 5) is 11.9. The summed E-state index contributed by atoms with van der Waals surface area (Å²) in [7, 11) is 0. The van der Waals surface area contributed by atoms with E-state index < -0.39 is 6.10 Å². The van der Waals surface area contributed by atoms with Gasteiger partial charge >= 0.3 is 0 Å². The lowest BCUT2D eigenvalue weighted by Crippen LogP contribution is -2.47. The first-order valence-electron chi connectivity index (χ1n) is 7.68. The molecule has 0 heterocycles. The smallest absolute Gasteiger partial charge is 0.249 e. The van der Waals surface area contributed by atoms with Crippen molar-refractivity contribution in [3.63, 3.8) is 0 Å². The molecular formula is C15H30N2O2. The van der Waals surface area contributed by atoms with Crippen LogP contribution >= 0.6 is 0 Å². The minimum Gasteiger partial charge on any atom is -0.367 e. The van der Waals surface area contributed by atoms with Crippen LogP contribution in [0, 0.1) is 0 Å². The Balaban J connectivity index is 2.35. The molecule has 2 unspecified atom stereocenters. The summed E-state index contributed by atoms with van der Waals surface area (Å²) < 4.78 is 5.71. The van der Waals surface area contributed by atoms with Gasteiger partial charge in [0.2, 0.25) is 5.91 Å². The summed E-state index contributed by atoms with van der Waals surface area (Å²) in [6.45, 7) is 6.34. The molecule has 0 aromatic rings. The maximum atomic E-state index is 11.9. The van der Waals surface area contributed by atoms with Crippen molar-refractivity contribution in [3.05, 3.63) is 0 Å². The lowest BCUT2D eigenvalue weighted by molar-refractivity contribution is -0.133. The third kappa shape index (κ3) is 5.91. The third-order valence-electron chi connectivity index (χ3n) is 4.09. The summed E-state index contributed by atoms with van der Waals surface area (Å²) in [5.74, 6) is -0.0356. The van der Waals surface area contributed by atoms with Crippen molar-refractivity contribution in [3.8, 4) is 0 Å². The average molecular weight is 270 g/mol. The zero-order chi connectivity index (χ0) is 14.3. The second-order valence-corrected chi connectivity index (χ2v) is 6.05. The van der Waals surface area contributed by atoms with Gasteiger partial charge in [0.15, 0.2) is 0 Å². The van der Waals surface area contributed by atoms with E-state index in [0.717, 1.165) is 19.3 Å². The molecule has 0 saturated heterocycles. The molecule has 1 fully saturated rings. The van der Waals surface area contributed by atoms with Crippen molar-refractivity contribution >= 4 is 5.91 Å². The molecule has 1 aliphatic rings. The van der Waals surface area contributed by atoms with Crippen LogP contribution in [0.4, 0.5) is 0 Å². The van der Waals surface area contributed by atoms with Crippen LogP contribution in [0.5, 0.6) is 0 Å². The van der Waals surface area contributed by atoms with Gasteiger partial charge in [0, 0.05) is 11.6 Å². The highest BCUT2D eigenvalue weighted by Crippen LogP contribution is 2.25. The van der Waals surface area contributed by atoms with Crippen LogP contribution in [0.1, 0.15) is 65.7 Å². The van der Waals surface area contributed by atoms with Crippen molar-refractivity contribution in [1.29, 1.82) is 0 Å². The minimum absolute atomic E-state index is 0.0356. The van der Waals surface area contributed by atoms with Gasteiger partial charge in [-0.2, -0.15) is 0 Å². The monoisotopic (exact) mass is 270 g/mol. The third-order valence-corrected chi connectivity index (χ3v) is 4.09.